The third kappa shape index (κ3) is 13.8. The number of fused-ring (bicyclic) bond motifs is 1. The lowest BCUT2D eigenvalue weighted by Gasteiger charge is -2.30. The van der Waals surface area contributed by atoms with Crippen molar-refractivity contribution >= 4 is 69.6 Å². The van der Waals surface area contributed by atoms with Gasteiger partial charge < -0.3 is 35.5 Å². The second-order valence-electron chi connectivity index (χ2n) is 18.9. The number of nitrogens with zero attached hydrogens (tertiary/aromatic N) is 4. The van der Waals surface area contributed by atoms with Crippen molar-refractivity contribution in [2.24, 2.45) is 0 Å². The number of piperidine rings is 2. The van der Waals surface area contributed by atoms with Crippen LogP contribution in [0.15, 0.2) is 42.0 Å². The Kier molecular flexibility index (Phi) is 18.3. The zero-order valence-corrected chi connectivity index (χ0v) is 40.6. The number of hydrogen-bond acceptors (Lipinski definition) is 12. The van der Waals surface area contributed by atoms with E-state index in [0.29, 0.717) is 68.2 Å². The van der Waals surface area contributed by atoms with Gasteiger partial charge in [0.15, 0.2) is 5.13 Å². The quantitative estimate of drug-likeness (QED) is 0.0497. The Balaban J connectivity index is 0.845. The number of aromatic nitrogens is 2. The number of ether oxygens (including phenoxy) is 1. The van der Waals surface area contributed by atoms with Crippen molar-refractivity contribution in [3.8, 4) is 0 Å². The van der Waals surface area contributed by atoms with Crippen LogP contribution in [0.2, 0.25) is 0 Å². The standard InChI is InChI=1S/C49H67N9O9S/c1-49(2,3)57-28-24-33(30-57)42(61)52-36(43(62)55-47-53-37(31-68-47)32-17-16-27-56(29-32)48(66)67-4)19-12-14-26-51-39(59)21-11-9-7-5-6-8-10-13-25-50-35-20-15-18-34-41(35)46(65)58(45(34)64)38-22-23-40(60)54-44(38)63/h15,18,20,24,28,30-32,36,38,50H,5-14,16-17,19,21-23,25-27,29H2,1-4H3,(H,51,59)(H,52,61)(H,53,55,62)(H,54,60,63)/t32?,36-,38?/m0/s1. The molecule has 8 amide bonds. The minimum Gasteiger partial charge on any atom is -0.453 e. The van der Waals surface area contributed by atoms with Gasteiger partial charge in [-0.2, -0.15) is 0 Å². The molecule has 2 fully saturated rings. The first-order valence-electron chi connectivity index (χ1n) is 24.1. The minimum atomic E-state index is -0.999. The van der Waals surface area contributed by atoms with Gasteiger partial charge in [-0.25, -0.2) is 9.78 Å². The first-order valence-corrected chi connectivity index (χ1v) is 25.0. The van der Waals surface area contributed by atoms with Gasteiger partial charge in [0.2, 0.25) is 23.6 Å². The van der Waals surface area contributed by atoms with Gasteiger partial charge in [0, 0.05) is 73.9 Å². The van der Waals surface area contributed by atoms with Crippen LogP contribution < -0.4 is 26.6 Å². The fourth-order valence-corrected chi connectivity index (χ4v) is 9.64. The lowest BCUT2D eigenvalue weighted by atomic mass is 9.96. The Labute approximate surface area is 402 Å². The molecule has 3 atom stereocenters. The van der Waals surface area contributed by atoms with Gasteiger partial charge in [0.25, 0.3) is 17.7 Å². The Morgan fingerprint density at radius 2 is 1.65 bits per heavy atom. The number of carbonyl (C=O) groups is 8. The molecular weight excluding hydrogens is 891 g/mol. The molecule has 1 aromatic carbocycles. The van der Waals surface area contributed by atoms with Crippen molar-refractivity contribution in [3.05, 3.63) is 64.4 Å². The van der Waals surface area contributed by atoms with Crippen LogP contribution in [-0.4, -0.2) is 112 Å². The van der Waals surface area contributed by atoms with Crippen molar-refractivity contribution in [2.75, 3.05) is 43.9 Å². The molecule has 0 radical (unpaired) electrons. The highest BCUT2D eigenvalue weighted by atomic mass is 32.1. The molecule has 5 heterocycles. The van der Waals surface area contributed by atoms with E-state index in [-0.39, 0.29) is 59.2 Å². The van der Waals surface area contributed by atoms with Crippen LogP contribution >= 0.6 is 11.3 Å². The molecule has 368 valence electrons. The highest BCUT2D eigenvalue weighted by Crippen LogP contribution is 2.33. The van der Waals surface area contributed by atoms with E-state index >= 15 is 0 Å². The number of thiazole rings is 1. The zero-order chi connectivity index (χ0) is 48.8. The molecule has 19 heteroatoms. The third-order valence-electron chi connectivity index (χ3n) is 12.7. The summed E-state index contributed by atoms with van der Waals surface area (Å²) >= 11 is 1.31. The molecule has 0 aliphatic carbocycles. The SMILES string of the molecule is COC(=O)N1CCCC(c2csc(NC(=O)[C@H](CCCCNC(=O)CCCCCCCCCCNc3cccc4c3C(=O)N(C3CCC(=O)NC3=O)C4=O)NC(=O)c3ccn(C(C)(C)C)c3)n2)C1. The topological polar surface area (TPSA) is 230 Å². The molecule has 6 rings (SSSR count). The van der Waals surface area contributed by atoms with Crippen LogP contribution in [0.4, 0.5) is 15.6 Å². The summed E-state index contributed by atoms with van der Waals surface area (Å²) in [6.07, 6.45) is 15.0. The van der Waals surface area contributed by atoms with E-state index < -0.39 is 35.7 Å². The number of likely N-dealkylation sites (tertiary alicyclic amines) is 1. The van der Waals surface area contributed by atoms with Gasteiger partial charge >= 0.3 is 6.09 Å². The number of rotatable bonds is 23. The Morgan fingerprint density at radius 3 is 2.37 bits per heavy atom. The van der Waals surface area contributed by atoms with Crippen molar-refractivity contribution in [1.82, 2.24) is 35.3 Å². The normalized spacial score (nSPS) is 17.6. The van der Waals surface area contributed by atoms with E-state index in [1.165, 1.54) is 18.4 Å². The molecule has 2 aromatic heterocycles. The maximum absolute atomic E-state index is 13.7. The second-order valence-corrected chi connectivity index (χ2v) is 19.7. The van der Waals surface area contributed by atoms with Crippen molar-refractivity contribution in [2.45, 2.75) is 147 Å². The van der Waals surface area contributed by atoms with Crippen molar-refractivity contribution < 1.29 is 43.1 Å². The maximum Gasteiger partial charge on any atom is 0.409 e. The zero-order valence-electron chi connectivity index (χ0n) is 39.8. The smallest absolute Gasteiger partial charge is 0.409 e. The summed E-state index contributed by atoms with van der Waals surface area (Å²) in [6.45, 7) is 8.33. The summed E-state index contributed by atoms with van der Waals surface area (Å²) < 4.78 is 6.86. The summed E-state index contributed by atoms with van der Waals surface area (Å²) in [4.78, 5) is 110. The first-order chi connectivity index (χ1) is 32.6. The highest BCUT2D eigenvalue weighted by Gasteiger charge is 2.45. The molecule has 0 spiro atoms. The number of carbonyl (C=O) groups excluding carboxylic acids is 8. The minimum absolute atomic E-state index is 0.00508. The van der Waals surface area contributed by atoms with E-state index in [1.54, 1.807) is 35.4 Å². The van der Waals surface area contributed by atoms with E-state index in [4.69, 9.17) is 4.74 Å². The van der Waals surface area contributed by atoms with Crippen LogP contribution in [0.1, 0.15) is 166 Å². The number of nitrogens with one attached hydrogen (secondary N) is 5. The van der Waals surface area contributed by atoms with Gasteiger partial charge in [-0.1, -0.05) is 44.6 Å². The molecule has 2 saturated heterocycles. The molecule has 3 aliphatic heterocycles. The summed E-state index contributed by atoms with van der Waals surface area (Å²) in [5.74, 6) is -2.79. The molecule has 18 nitrogen and oxygen atoms in total. The molecule has 3 aromatic rings. The van der Waals surface area contributed by atoms with Crippen LogP contribution in [0.5, 0.6) is 0 Å². The Morgan fingerprint density at radius 1 is 0.912 bits per heavy atom. The fraction of sp³-hybridized carbons (Fsp3) is 0.571. The second kappa shape index (κ2) is 24.3. The van der Waals surface area contributed by atoms with E-state index in [0.717, 1.165) is 74.8 Å². The molecule has 3 aliphatic rings. The van der Waals surface area contributed by atoms with Gasteiger partial charge in [0.05, 0.1) is 29.5 Å². The Hall–Kier alpha value is -6.11. The third-order valence-corrected chi connectivity index (χ3v) is 13.5. The number of anilines is 2. The number of methoxy groups -OCH3 is 1. The number of imide groups is 2. The molecule has 0 saturated carbocycles. The predicted molar refractivity (Wildman–Crippen MR) is 257 cm³/mol. The van der Waals surface area contributed by atoms with E-state index in [9.17, 15) is 38.4 Å². The molecule has 5 N–H and O–H groups in total. The van der Waals surface area contributed by atoms with Crippen LogP contribution in [0.3, 0.4) is 0 Å². The lowest BCUT2D eigenvalue weighted by Crippen LogP contribution is -2.54. The van der Waals surface area contributed by atoms with Crippen LogP contribution in [-0.2, 0) is 29.5 Å². The highest BCUT2D eigenvalue weighted by molar-refractivity contribution is 7.14. The van der Waals surface area contributed by atoms with E-state index in [1.807, 2.05) is 36.9 Å². The Bertz CT molecular complexity index is 2300. The predicted octanol–water partition coefficient (Wildman–Crippen LogP) is 6.69. The average Bonchev–Trinajstić information content (AvgIpc) is 4.07. The molecule has 0 bridgehead atoms. The number of unbranched alkanes of at least 4 members (excludes halogenated alkanes) is 8. The lowest BCUT2D eigenvalue weighted by molar-refractivity contribution is -0.136. The average molecular weight is 958 g/mol. The van der Waals surface area contributed by atoms with Crippen LogP contribution in [0.25, 0.3) is 0 Å². The molecule has 68 heavy (non-hydrogen) atoms. The van der Waals surface area contributed by atoms with Gasteiger partial charge in [-0.15, -0.1) is 11.3 Å². The summed E-state index contributed by atoms with van der Waals surface area (Å²) in [7, 11) is 1.37. The van der Waals surface area contributed by atoms with Gasteiger partial charge in [0.1, 0.15) is 12.1 Å². The summed E-state index contributed by atoms with van der Waals surface area (Å²) in [5.41, 5.74) is 2.13. The molecule has 2 unspecified atom stereocenters. The van der Waals surface area contributed by atoms with Gasteiger partial charge in [-0.3, -0.25) is 43.8 Å². The summed E-state index contributed by atoms with van der Waals surface area (Å²) in [5, 5.41) is 16.7. The fourth-order valence-electron chi connectivity index (χ4n) is 8.84. The number of amides is 8. The molecular formula is C49H67N9O9S. The van der Waals surface area contributed by atoms with Crippen molar-refractivity contribution in [1.29, 1.82) is 0 Å². The maximum atomic E-state index is 13.7. The number of benzene rings is 1. The largest absolute Gasteiger partial charge is 0.453 e. The van der Waals surface area contributed by atoms with E-state index in [2.05, 4.69) is 31.6 Å². The van der Waals surface area contributed by atoms with Crippen molar-refractivity contribution in [3.63, 3.8) is 0 Å². The first kappa shape index (κ1) is 51.3. The van der Waals surface area contributed by atoms with Gasteiger partial charge in [-0.05, 0) is 90.3 Å². The monoisotopic (exact) mass is 957 g/mol. The summed E-state index contributed by atoms with van der Waals surface area (Å²) in [6, 6.07) is 4.97. The van der Waals surface area contributed by atoms with Crippen LogP contribution in [0, 0.1) is 0 Å². The number of hydrogen-bond donors (Lipinski definition) is 5.